The van der Waals surface area contributed by atoms with Crippen LogP contribution in [-0.2, 0) is 0 Å². The van der Waals surface area contributed by atoms with Crippen LogP contribution in [0.3, 0.4) is 0 Å². The highest BCUT2D eigenvalue weighted by atomic mass is 28.2. The third-order valence-corrected chi connectivity index (χ3v) is 3.63. The lowest BCUT2D eigenvalue weighted by atomic mass is 10.1. The summed E-state index contributed by atoms with van der Waals surface area (Å²) < 4.78 is 0. The first kappa shape index (κ1) is 5.67. The molecule has 0 saturated carbocycles. The Kier molecular flexibility index (Phi) is 0.926. The average molecular weight is 155 g/mol. The quantitative estimate of drug-likeness (QED) is 0.466. The zero-order valence-electron chi connectivity index (χ0n) is 6.09. The normalized spacial score (nSPS) is 24.0. The van der Waals surface area contributed by atoms with Crippen molar-refractivity contribution in [1.82, 2.24) is 0 Å². The van der Waals surface area contributed by atoms with Gasteiger partial charge in [0.15, 0.2) is 0 Å². The van der Waals surface area contributed by atoms with Gasteiger partial charge in [0, 0.05) is 0 Å². The monoisotopic (exact) mass is 155 g/mol. The SMILES string of the molecule is C1=CC2=C3C=CC(=C2[Si]=C1)C3. The lowest BCUT2D eigenvalue weighted by Gasteiger charge is -2.06. The van der Waals surface area contributed by atoms with Crippen LogP contribution in [0.1, 0.15) is 6.42 Å². The van der Waals surface area contributed by atoms with Gasteiger partial charge in [-0.1, -0.05) is 30.0 Å². The Labute approximate surface area is 68.1 Å². The summed E-state index contributed by atoms with van der Waals surface area (Å²) in [6.07, 6.45) is 10.2. The molecule has 2 aliphatic carbocycles. The molecular formula is C10H7Si. The van der Waals surface area contributed by atoms with Crippen molar-refractivity contribution in [3.63, 3.8) is 0 Å². The molecule has 0 N–H and O–H groups in total. The molecule has 51 valence electrons. The smallest absolute Gasteiger partial charge is 0.0609 e. The third kappa shape index (κ3) is 0.614. The van der Waals surface area contributed by atoms with E-state index in [0.29, 0.717) is 0 Å². The van der Waals surface area contributed by atoms with Gasteiger partial charge < -0.3 is 0 Å². The van der Waals surface area contributed by atoms with Crippen molar-refractivity contribution in [2.45, 2.75) is 6.42 Å². The molecule has 1 aliphatic heterocycles. The number of rotatable bonds is 0. The summed E-state index contributed by atoms with van der Waals surface area (Å²) in [6, 6.07) is 0. The molecule has 0 nitrogen and oxygen atoms in total. The Bertz CT molecular complexity index is 340. The van der Waals surface area contributed by atoms with Crippen molar-refractivity contribution in [3.8, 4) is 0 Å². The molecule has 0 atom stereocenters. The molecule has 0 saturated heterocycles. The van der Waals surface area contributed by atoms with E-state index in [4.69, 9.17) is 0 Å². The van der Waals surface area contributed by atoms with Crippen LogP contribution in [-0.4, -0.2) is 14.8 Å². The lowest BCUT2D eigenvalue weighted by Crippen LogP contribution is -1.99. The van der Waals surface area contributed by atoms with E-state index in [1.165, 1.54) is 17.6 Å². The van der Waals surface area contributed by atoms with Crippen molar-refractivity contribution in [3.05, 3.63) is 46.2 Å². The van der Waals surface area contributed by atoms with Crippen molar-refractivity contribution >= 4 is 14.8 Å². The molecule has 11 heavy (non-hydrogen) atoms. The molecule has 3 aliphatic rings. The first-order valence-electron chi connectivity index (χ1n) is 3.86. The molecule has 0 unspecified atom stereocenters. The van der Waals surface area contributed by atoms with E-state index in [2.05, 4.69) is 30.0 Å². The van der Waals surface area contributed by atoms with Crippen molar-refractivity contribution in [2.24, 2.45) is 0 Å². The van der Waals surface area contributed by atoms with E-state index < -0.39 is 0 Å². The summed E-state index contributed by atoms with van der Waals surface area (Å²) in [6.45, 7) is 0. The molecule has 1 heterocycles. The number of hydrogen-bond acceptors (Lipinski definition) is 0. The molecule has 0 aromatic carbocycles. The largest absolute Gasteiger partial charge is 0.0766 e. The van der Waals surface area contributed by atoms with Gasteiger partial charge in [0.1, 0.15) is 0 Å². The minimum absolute atomic E-state index is 0.912. The minimum atomic E-state index is 0.912. The summed E-state index contributed by atoms with van der Waals surface area (Å²) in [4.78, 5) is 0. The Morgan fingerprint density at radius 1 is 1.09 bits per heavy atom. The van der Waals surface area contributed by atoms with Gasteiger partial charge in [-0.15, -0.1) is 0 Å². The highest BCUT2D eigenvalue weighted by Gasteiger charge is 2.22. The van der Waals surface area contributed by atoms with Crippen molar-refractivity contribution < 1.29 is 0 Å². The average Bonchev–Trinajstić information content (AvgIpc) is 2.64. The van der Waals surface area contributed by atoms with Crippen LogP contribution < -0.4 is 0 Å². The molecule has 1 heteroatoms. The van der Waals surface area contributed by atoms with Gasteiger partial charge in [-0.05, 0) is 28.3 Å². The van der Waals surface area contributed by atoms with Crippen LogP contribution in [0.25, 0.3) is 0 Å². The molecule has 1 radical (unpaired) electrons. The molecule has 0 aromatic heterocycles. The maximum Gasteiger partial charge on any atom is 0.0609 e. The third-order valence-electron chi connectivity index (χ3n) is 2.39. The second-order valence-corrected chi connectivity index (χ2v) is 4.14. The van der Waals surface area contributed by atoms with Crippen molar-refractivity contribution in [1.29, 1.82) is 0 Å². The predicted molar refractivity (Wildman–Crippen MR) is 48.8 cm³/mol. The summed E-state index contributed by atoms with van der Waals surface area (Å²) in [7, 11) is 0.912. The second-order valence-electron chi connectivity index (χ2n) is 3.02. The van der Waals surface area contributed by atoms with Gasteiger partial charge in [0.25, 0.3) is 0 Å². The van der Waals surface area contributed by atoms with Crippen LogP contribution in [0.15, 0.2) is 46.2 Å². The molecule has 3 rings (SSSR count). The van der Waals surface area contributed by atoms with Gasteiger partial charge >= 0.3 is 0 Å². The van der Waals surface area contributed by atoms with Crippen LogP contribution in [0, 0.1) is 0 Å². The molecule has 0 spiro atoms. The topological polar surface area (TPSA) is 0 Å². The fourth-order valence-corrected chi connectivity index (χ4v) is 2.97. The van der Waals surface area contributed by atoms with Gasteiger partial charge in [0.05, 0.1) is 9.13 Å². The first-order chi connectivity index (χ1) is 5.45. The summed E-state index contributed by atoms with van der Waals surface area (Å²) in [5, 5.41) is 1.60. The van der Waals surface area contributed by atoms with Crippen LogP contribution in [0.5, 0.6) is 0 Å². The van der Waals surface area contributed by atoms with E-state index in [1.54, 1.807) is 10.8 Å². The predicted octanol–water partition coefficient (Wildman–Crippen LogP) is 1.59. The van der Waals surface area contributed by atoms with Crippen LogP contribution in [0.4, 0.5) is 0 Å². The number of fused-ring (bicyclic) bond motifs is 3. The maximum atomic E-state index is 2.27. The lowest BCUT2D eigenvalue weighted by molar-refractivity contribution is 1.31. The van der Waals surface area contributed by atoms with Gasteiger partial charge in [0.2, 0.25) is 0 Å². The van der Waals surface area contributed by atoms with Gasteiger partial charge in [-0.3, -0.25) is 0 Å². The zero-order chi connectivity index (χ0) is 7.26. The summed E-state index contributed by atoms with van der Waals surface area (Å²) >= 11 is 0. The fraction of sp³-hybridized carbons (Fsp3) is 0.100. The Hall–Kier alpha value is -0.953. The van der Waals surface area contributed by atoms with E-state index >= 15 is 0 Å². The molecule has 2 bridgehead atoms. The first-order valence-corrected chi connectivity index (χ1v) is 4.94. The second kappa shape index (κ2) is 1.80. The zero-order valence-corrected chi connectivity index (χ0v) is 7.09. The van der Waals surface area contributed by atoms with Gasteiger partial charge in [-0.2, -0.15) is 0 Å². The van der Waals surface area contributed by atoms with Gasteiger partial charge in [-0.25, -0.2) is 0 Å². The Morgan fingerprint density at radius 2 is 2.00 bits per heavy atom. The number of hydrogen-bond donors (Lipinski definition) is 0. The van der Waals surface area contributed by atoms with E-state index in [9.17, 15) is 0 Å². The molecule has 0 amide bonds. The van der Waals surface area contributed by atoms with Crippen molar-refractivity contribution in [2.75, 3.05) is 0 Å². The van der Waals surface area contributed by atoms with E-state index in [0.717, 1.165) is 9.13 Å². The Balaban J connectivity index is 2.36. The number of allylic oxidation sites excluding steroid dienone is 8. The molecule has 0 fully saturated rings. The maximum absolute atomic E-state index is 2.27. The Morgan fingerprint density at radius 3 is 2.91 bits per heavy atom. The highest BCUT2D eigenvalue weighted by molar-refractivity contribution is 6.59. The highest BCUT2D eigenvalue weighted by Crippen LogP contribution is 2.38. The van der Waals surface area contributed by atoms with Crippen LogP contribution >= 0.6 is 0 Å². The molecular weight excluding hydrogens is 148 g/mol. The summed E-state index contributed by atoms with van der Waals surface area (Å²) in [5.74, 6) is 0. The summed E-state index contributed by atoms with van der Waals surface area (Å²) in [5.41, 5.74) is 6.88. The van der Waals surface area contributed by atoms with E-state index in [1.807, 2.05) is 0 Å². The minimum Gasteiger partial charge on any atom is -0.0766 e. The standard InChI is InChI=1S/C10H7Si/c1-2-9-7-3-4-8(6-7)10(9)11-5-1/h1-5H,6H2. The fourth-order valence-electron chi connectivity index (χ4n) is 1.85. The van der Waals surface area contributed by atoms with E-state index in [-0.39, 0.29) is 0 Å². The molecule has 0 aromatic rings. The van der Waals surface area contributed by atoms with Crippen LogP contribution in [0.2, 0.25) is 0 Å².